The van der Waals surface area contributed by atoms with Gasteiger partial charge in [-0.2, -0.15) is 0 Å². The summed E-state index contributed by atoms with van der Waals surface area (Å²) in [5.41, 5.74) is 0.580. The molecule has 4 amide bonds. The van der Waals surface area contributed by atoms with Crippen molar-refractivity contribution in [3.05, 3.63) is 58.1 Å². The van der Waals surface area contributed by atoms with Crippen LogP contribution in [0.2, 0.25) is 0 Å². The van der Waals surface area contributed by atoms with E-state index in [0.717, 1.165) is 9.37 Å². The minimum atomic E-state index is -0.833. The van der Waals surface area contributed by atoms with Gasteiger partial charge in [-0.05, 0) is 43.3 Å². The Balaban J connectivity index is 2.08. The third kappa shape index (κ3) is 3.77. The van der Waals surface area contributed by atoms with Gasteiger partial charge in [0.25, 0.3) is 11.8 Å². The lowest BCUT2D eigenvalue weighted by Gasteiger charge is -2.27. The van der Waals surface area contributed by atoms with Crippen molar-refractivity contribution in [2.45, 2.75) is 6.92 Å². The summed E-state index contributed by atoms with van der Waals surface area (Å²) in [4.78, 5) is 38.7. The van der Waals surface area contributed by atoms with Crippen LogP contribution in [-0.2, 0) is 9.59 Å². The fourth-order valence-corrected chi connectivity index (χ4v) is 3.15. The van der Waals surface area contributed by atoms with Crippen molar-refractivity contribution in [1.29, 1.82) is 0 Å². The van der Waals surface area contributed by atoms with Gasteiger partial charge in [0.15, 0.2) is 0 Å². The zero-order valence-corrected chi connectivity index (χ0v) is 16.8. The molecule has 0 bridgehead atoms. The van der Waals surface area contributed by atoms with Gasteiger partial charge in [-0.25, -0.2) is 9.69 Å². The molecule has 144 valence electrons. The highest BCUT2D eigenvalue weighted by molar-refractivity contribution is 9.10. The second kappa shape index (κ2) is 8.26. The van der Waals surface area contributed by atoms with E-state index in [-0.39, 0.29) is 11.3 Å². The summed E-state index contributed by atoms with van der Waals surface area (Å²) in [6.45, 7) is 2.15. The molecule has 0 aliphatic carbocycles. The molecule has 1 heterocycles. The molecule has 1 fully saturated rings. The highest BCUT2D eigenvalue weighted by Gasteiger charge is 2.38. The van der Waals surface area contributed by atoms with Crippen LogP contribution in [0.15, 0.2) is 52.5 Å². The molecule has 0 aromatic heterocycles. The number of nitrogens with zero attached hydrogens (tertiary/aromatic N) is 1. The maximum atomic E-state index is 13.1. The van der Waals surface area contributed by atoms with E-state index in [1.165, 1.54) is 13.2 Å². The normalized spacial score (nSPS) is 15.6. The zero-order valence-electron chi connectivity index (χ0n) is 15.2. The average molecular weight is 445 g/mol. The van der Waals surface area contributed by atoms with Gasteiger partial charge in [0, 0.05) is 10.0 Å². The average Bonchev–Trinajstić information content (AvgIpc) is 2.66. The van der Waals surface area contributed by atoms with Crippen LogP contribution >= 0.6 is 15.9 Å². The molecular weight excluding hydrogens is 428 g/mol. The number of rotatable bonds is 5. The third-order valence-corrected chi connectivity index (χ3v) is 4.49. The first-order chi connectivity index (χ1) is 13.5. The van der Waals surface area contributed by atoms with E-state index in [1.807, 2.05) is 0 Å². The Hall–Kier alpha value is -3.13. The first kappa shape index (κ1) is 19.6. The Morgan fingerprint density at radius 2 is 1.86 bits per heavy atom. The molecule has 3 rings (SSSR count). The van der Waals surface area contributed by atoms with Crippen molar-refractivity contribution >= 4 is 45.5 Å². The van der Waals surface area contributed by atoms with E-state index in [2.05, 4.69) is 21.2 Å². The lowest BCUT2D eigenvalue weighted by atomic mass is 10.1. The van der Waals surface area contributed by atoms with Gasteiger partial charge in [0.1, 0.15) is 17.1 Å². The van der Waals surface area contributed by atoms with Gasteiger partial charge < -0.3 is 9.47 Å². The summed E-state index contributed by atoms with van der Waals surface area (Å²) < 4.78 is 11.6. The number of barbiturate groups is 1. The lowest BCUT2D eigenvalue weighted by molar-refractivity contribution is -0.122. The number of ether oxygens (including phenoxy) is 2. The van der Waals surface area contributed by atoms with Crippen LogP contribution in [-0.4, -0.2) is 31.6 Å². The standard InChI is InChI=1S/C20H17BrN2O5/c1-3-28-17-7-5-4-6-15(17)23-19(25)14(18(24)22-20(23)26)11-12-10-13(21)8-9-16(12)27-2/h4-11H,3H2,1-2H3,(H,22,24,26)/b14-11-. The summed E-state index contributed by atoms with van der Waals surface area (Å²) in [7, 11) is 1.49. The number of halogens is 1. The zero-order chi connectivity index (χ0) is 20.3. The largest absolute Gasteiger partial charge is 0.496 e. The Labute approximate surface area is 170 Å². The molecule has 8 heteroatoms. The third-order valence-electron chi connectivity index (χ3n) is 4.00. The summed E-state index contributed by atoms with van der Waals surface area (Å²) in [6, 6.07) is 11.0. The van der Waals surface area contributed by atoms with E-state index in [4.69, 9.17) is 9.47 Å². The molecule has 28 heavy (non-hydrogen) atoms. The Morgan fingerprint density at radius 3 is 2.57 bits per heavy atom. The number of urea groups is 1. The van der Waals surface area contributed by atoms with Gasteiger partial charge in [0.05, 0.1) is 19.4 Å². The van der Waals surface area contributed by atoms with Gasteiger partial charge in [-0.3, -0.25) is 14.9 Å². The molecule has 2 aromatic rings. The van der Waals surface area contributed by atoms with Gasteiger partial charge in [-0.1, -0.05) is 28.1 Å². The van der Waals surface area contributed by atoms with Gasteiger partial charge in [-0.15, -0.1) is 0 Å². The monoisotopic (exact) mass is 444 g/mol. The fraction of sp³-hybridized carbons (Fsp3) is 0.150. The molecule has 0 radical (unpaired) electrons. The molecule has 0 atom stereocenters. The van der Waals surface area contributed by atoms with Crippen LogP contribution < -0.4 is 19.7 Å². The van der Waals surface area contributed by atoms with E-state index >= 15 is 0 Å². The summed E-state index contributed by atoms with van der Waals surface area (Å²) in [5, 5.41) is 2.20. The molecule has 1 N–H and O–H groups in total. The molecule has 1 saturated heterocycles. The van der Waals surface area contributed by atoms with Crippen LogP contribution in [0.4, 0.5) is 10.5 Å². The number of hydrogen-bond donors (Lipinski definition) is 1. The maximum absolute atomic E-state index is 13.1. The Morgan fingerprint density at radius 1 is 1.11 bits per heavy atom. The SMILES string of the molecule is CCOc1ccccc1N1C(=O)NC(=O)/C(=C/c2cc(Br)ccc2OC)C1=O. The minimum absolute atomic E-state index is 0.192. The topological polar surface area (TPSA) is 84.9 Å². The number of benzene rings is 2. The first-order valence-corrected chi connectivity index (χ1v) is 9.22. The Bertz CT molecular complexity index is 986. The van der Waals surface area contributed by atoms with Crippen molar-refractivity contribution in [2.24, 2.45) is 0 Å². The second-order valence-electron chi connectivity index (χ2n) is 5.74. The Kier molecular flexibility index (Phi) is 5.79. The van der Waals surface area contributed by atoms with Gasteiger partial charge in [0.2, 0.25) is 0 Å². The highest BCUT2D eigenvalue weighted by Crippen LogP contribution is 2.32. The number of methoxy groups -OCH3 is 1. The summed E-state index contributed by atoms with van der Waals surface area (Å²) >= 11 is 3.35. The van der Waals surface area contributed by atoms with Crippen molar-refractivity contribution < 1.29 is 23.9 Å². The number of imide groups is 2. The maximum Gasteiger partial charge on any atom is 0.336 e. The highest BCUT2D eigenvalue weighted by atomic mass is 79.9. The number of para-hydroxylation sites is 2. The number of amides is 4. The second-order valence-corrected chi connectivity index (χ2v) is 6.66. The molecule has 0 spiro atoms. The van der Waals surface area contributed by atoms with Crippen molar-refractivity contribution in [1.82, 2.24) is 5.32 Å². The molecular formula is C20H17BrN2O5. The number of anilines is 1. The predicted octanol–water partition coefficient (Wildman–Crippen LogP) is 3.52. The number of carbonyl (C=O) groups excluding carboxylic acids is 3. The molecule has 7 nitrogen and oxygen atoms in total. The first-order valence-electron chi connectivity index (χ1n) is 8.43. The van der Waals surface area contributed by atoms with Crippen LogP contribution in [0.3, 0.4) is 0 Å². The van der Waals surface area contributed by atoms with E-state index in [9.17, 15) is 14.4 Å². The quantitative estimate of drug-likeness (QED) is 0.563. The smallest absolute Gasteiger partial charge is 0.336 e. The molecule has 0 saturated carbocycles. The molecule has 2 aromatic carbocycles. The summed E-state index contributed by atoms with van der Waals surface area (Å²) in [6.07, 6.45) is 1.39. The number of carbonyl (C=O) groups is 3. The number of hydrogen-bond acceptors (Lipinski definition) is 5. The van der Waals surface area contributed by atoms with E-state index < -0.39 is 17.8 Å². The van der Waals surface area contributed by atoms with E-state index in [1.54, 1.807) is 49.4 Å². The van der Waals surface area contributed by atoms with Crippen LogP contribution in [0, 0.1) is 0 Å². The lowest BCUT2D eigenvalue weighted by Crippen LogP contribution is -2.54. The fourth-order valence-electron chi connectivity index (χ4n) is 2.77. The molecule has 0 unspecified atom stereocenters. The van der Waals surface area contributed by atoms with Crippen molar-refractivity contribution in [3.63, 3.8) is 0 Å². The molecule has 1 aliphatic heterocycles. The van der Waals surface area contributed by atoms with Crippen molar-refractivity contribution in [2.75, 3.05) is 18.6 Å². The van der Waals surface area contributed by atoms with Crippen LogP contribution in [0.25, 0.3) is 6.08 Å². The predicted molar refractivity (Wildman–Crippen MR) is 107 cm³/mol. The summed E-state index contributed by atoms with van der Waals surface area (Å²) in [5.74, 6) is -0.679. The minimum Gasteiger partial charge on any atom is -0.496 e. The number of nitrogens with one attached hydrogen (secondary N) is 1. The van der Waals surface area contributed by atoms with Gasteiger partial charge >= 0.3 is 6.03 Å². The van der Waals surface area contributed by atoms with Crippen LogP contribution in [0.1, 0.15) is 12.5 Å². The molecule has 1 aliphatic rings. The van der Waals surface area contributed by atoms with E-state index in [0.29, 0.717) is 23.7 Å². The van der Waals surface area contributed by atoms with Crippen molar-refractivity contribution in [3.8, 4) is 11.5 Å². The van der Waals surface area contributed by atoms with Crippen LogP contribution in [0.5, 0.6) is 11.5 Å².